The number of carbonyl (C=O) groups is 1. The lowest BCUT2D eigenvalue weighted by atomic mass is 9.93. The van der Waals surface area contributed by atoms with Crippen molar-refractivity contribution in [2.75, 3.05) is 24.6 Å². The van der Waals surface area contributed by atoms with Gasteiger partial charge in [0.1, 0.15) is 6.61 Å². The molecule has 3 aromatic rings. The average Bonchev–Trinajstić information content (AvgIpc) is 3.19. The van der Waals surface area contributed by atoms with Gasteiger partial charge in [0.05, 0.1) is 5.69 Å². The van der Waals surface area contributed by atoms with Crippen LogP contribution >= 0.6 is 11.6 Å². The van der Waals surface area contributed by atoms with Gasteiger partial charge >= 0.3 is 0 Å². The zero-order valence-electron chi connectivity index (χ0n) is 18.2. The summed E-state index contributed by atoms with van der Waals surface area (Å²) in [6.45, 7) is 4.80. The van der Waals surface area contributed by atoms with Gasteiger partial charge in [-0.25, -0.2) is 0 Å². The Bertz CT molecular complexity index is 1120. The molecule has 1 atom stereocenters. The van der Waals surface area contributed by atoms with Gasteiger partial charge in [0, 0.05) is 43.3 Å². The molecular weight excluding hydrogens is 426 g/mol. The summed E-state index contributed by atoms with van der Waals surface area (Å²) in [4.78, 5) is 13.7. The summed E-state index contributed by atoms with van der Waals surface area (Å²) < 4.78 is 14.2. The third-order valence-electron chi connectivity index (χ3n) is 6.44. The minimum Gasteiger partial charge on any atom is -0.482 e. The van der Waals surface area contributed by atoms with E-state index in [1.165, 1.54) is 17.8 Å². The van der Waals surface area contributed by atoms with Crippen molar-refractivity contribution in [3.8, 4) is 11.5 Å². The van der Waals surface area contributed by atoms with Crippen molar-refractivity contribution in [3.05, 3.63) is 53.7 Å². The van der Waals surface area contributed by atoms with Gasteiger partial charge in [-0.2, -0.15) is 0 Å². The molecule has 1 fully saturated rings. The van der Waals surface area contributed by atoms with E-state index >= 15 is 0 Å². The summed E-state index contributed by atoms with van der Waals surface area (Å²) in [6, 6.07) is 14.2. The molecule has 2 aromatic carbocycles. The van der Waals surface area contributed by atoms with Crippen molar-refractivity contribution in [2.24, 2.45) is 5.92 Å². The molecule has 32 heavy (non-hydrogen) atoms. The van der Waals surface area contributed by atoms with Crippen molar-refractivity contribution in [1.82, 2.24) is 9.88 Å². The van der Waals surface area contributed by atoms with Crippen LogP contribution in [-0.2, 0) is 11.3 Å². The van der Waals surface area contributed by atoms with E-state index in [-0.39, 0.29) is 5.91 Å². The second kappa shape index (κ2) is 8.94. The lowest BCUT2D eigenvalue weighted by Gasteiger charge is -2.36. The van der Waals surface area contributed by atoms with Crippen molar-refractivity contribution in [2.45, 2.75) is 39.0 Å². The molecule has 1 aromatic heterocycles. The lowest BCUT2D eigenvalue weighted by molar-refractivity contribution is -0.122. The number of nitrogens with zero attached hydrogens (tertiary/aromatic N) is 2. The van der Waals surface area contributed by atoms with Crippen LogP contribution in [0, 0.1) is 5.92 Å². The number of carbonyl (C=O) groups excluding carboxylic acids is 1. The predicted octanol–water partition coefficient (Wildman–Crippen LogP) is 4.83. The highest BCUT2D eigenvalue weighted by atomic mass is 35.5. The highest BCUT2D eigenvalue weighted by Crippen LogP contribution is 2.41. The van der Waals surface area contributed by atoms with Crippen LogP contribution in [0.4, 0.5) is 5.69 Å². The summed E-state index contributed by atoms with van der Waals surface area (Å²) in [5.74, 6) is 2.04. The Labute approximate surface area is 193 Å². The van der Waals surface area contributed by atoms with Gasteiger partial charge in [0.2, 0.25) is 12.1 Å². The lowest BCUT2D eigenvalue weighted by Crippen LogP contribution is -2.44. The minimum atomic E-state index is -0.444. The molecule has 5 rings (SSSR count). The average molecular weight is 454 g/mol. The second-order valence-electron chi connectivity index (χ2n) is 8.65. The number of anilines is 1. The predicted molar refractivity (Wildman–Crippen MR) is 127 cm³/mol. The molecule has 3 heterocycles. The third kappa shape index (κ3) is 4.37. The molecule has 0 radical (unpaired) electrons. The highest BCUT2D eigenvalue weighted by molar-refractivity contribution is 6.31. The maximum atomic E-state index is 11.3. The number of fused-ring (bicyclic) bond motifs is 2. The molecule has 0 bridgehead atoms. The molecule has 6 nitrogen and oxygen atoms in total. The zero-order chi connectivity index (χ0) is 22.1. The molecule has 1 saturated heterocycles. The summed E-state index contributed by atoms with van der Waals surface area (Å²) in [6.07, 6.45) is 5.19. The van der Waals surface area contributed by atoms with Gasteiger partial charge in [-0.15, -0.1) is 0 Å². The van der Waals surface area contributed by atoms with Crippen LogP contribution < -0.4 is 19.7 Å². The first-order chi connectivity index (χ1) is 15.6. The van der Waals surface area contributed by atoms with E-state index in [2.05, 4.69) is 45.2 Å². The molecule has 1 amide bonds. The summed E-state index contributed by atoms with van der Waals surface area (Å²) in [5, 5.41) is 4.78. The first kappa shape index (κ1) is 21.0. The fourth-order valence-electron chi connectivity index (χ4n) is 4.77. The van der Waals surface area contributed by atoms with E-state index < -0.39 is 6.23 Å². The first-order valence-corrected chi connectivity index (χ1v) is 11.6. The molecule has 7 heteroatoms. The monoisotopic (exact) mass is 453 g/mol. The number of para-hydroxylation sites is 1. The Balaban J connectivity index is 1.19. The van der Waals surface area contributed by atoms with E-state index in [1.807, 2.05) is 18.2 Å². The topological polar surface area (TPSA) is 55.7 Å². The number of nitrogens with one attached hydrogen (secondary N) is 1. The second-order valence-corrected chi connectivity index (χ2v) is 9.09. The molecule has 0 spiro atoms. The van der Waals surface area contributed by atoms with Gasteiger partial charge < -0.3 is 24.3 Å². The summed E-state index contributed by atoms with van der Waals surface area (Å²) in [7, 11) is 0. The van der Waals surface area contributed by atoms with Crippen LogP contribution in [0.2, 0.25) is 5.02 Å². The Morgan fingerprint density at radius 2 is 2.03 bits per heavy atom. The fraction of sp³-hybridized carbons (Fsp3) is 0.400. The normalized spacial score (nSPS) is 18.7. The molecular formula is C25H28ClN3O3. The maximum absolute atomic E-state index is 11.3. The number of halogens is 1. The number of ether oxygens (including phenoxy) is 2. The number of amides is 1. The number of hydrogen-bond acceptors (Lipinski definition) is 4. The van der Waals surface area contributed by atoms with Crippen LogP contribution in [0.3, 0.4) is 0 Å². The zero-order valence-corrected chi connectivity index (χ0v) is 19.0. The minimum absolute atomic E-state index is 0.128. The van der Waals surface area contributed by atoms with E-state index in [0.717, 1.165) is 55.4 Å². The molecule has 1 unspecified atom stereocenters. The highest BCUT2D eigenvalue weighted by Gasteiger charge is 2.28. The molecule has 1 N–H and O–H groups in total. The number of rotatable bonds is 5. The maximum Gasteiger partial charge on any atom is 0.219 e. The molecule has 2 aliphatic heterocycles. The number of hydrogen-bond donors (Lipinski definition) is 1. The van der Waals surface area contributed by atoms with E-state index in [4.69, 9.17) is 21.1 Å². The number of benzene rings is 2. The standard InChI is InChI=1S/C25H28ClN3O3/c1-17(30)27-24-16-31-25-21(3-2-4-23(25)32-24)28-11-7-18(8-12-28)9-13-29-14-10-19-5-6-20(26)15-22(19)29/h2-6,10,14-15,18,24H,7-9,11-13,16H2,1H3,(H,27,30). The van der Waals surface area contributed by atoms with Crippen molar-refractivity contribution in [1.29, 1.82) is 0 Å². The van der Waals surface area contributed by atoms with Crippen molar-refractivity contribution >= 4 is 34.1 Å². The Kier molecular flexibility index (Phi) is 5.87. The SMILES string of the molecule is CC(=O)NC1COc2c(cccc2N2CCC(CCn3ccc4ccc(Cl)cc43)CC2)O1. The van der Waals surface area contributed by atoms with E-state index in [0.29, 0.717) is 18.3 Å². The Hall–Kier alpha value is -2.86. The molecule has 2 aliphatic rings. The molecule has 168 valence electrons. The summed E-state index contributed by atoms with van der Waals surface area (Å²) >= 11 is 6.19. The van der Waals surface area contributed by atoms with Crippen molar-refractivity contribution in [3.63, 3.8) is 0 Å². The van der Waals surface area contributed by atoms with Gasteiger partial charge in [0.15, 0.2) is 11.5 Å². The third-order valence-corrected chi connectivity index (χ3v) is 6.68. The van der Waals surface area contributed by atoms with Gasteiger partial charge in [-0.05, 0) is 60.9 Å². The number of piperidine rings is 1. The fourth-order valence-corrected chi connectivity index (χ4v) is 4.94. The van der Waals surface area contributed by atoms with Gasteiger partial charge in [-0.1, -0.05) is 23.7 Å². The smallest absolute Gasteiger partial charge is 0.219 e. The summed E-state index contributed by atoms with van der Waals surface area (Å²) in [5.41, 5.74) is 2.29. The van der Waals surface area contributed by atoms with Crippen LogP contribution in [0.1, 0.15) is 26.2 Å². The Morgan fingerprint density at radius 3 is 2.84 bits per heavy atom. The van der Waals surface area contributed by atoms with E-state index in [1.54, 1.807) is 0 Å². The van der Waals surface area contributed by atoms with Crippen LogP contribution in [0.15, 0.2) is 48.7 Å². The quantitative estimate of drug-likeness (QED) is 0.601. The number of aromatic nitrogens is 1. The largest absolute Gasteiger partial charge is 0.482 e. The van der Waals surface area contributed by atoms with Crippen LogP contribution in [-0.4, -0.2) is 36.4 Å². The molecule has 0 saturated carbocycles. The van der Waals surface area contributed by atoms with Crippen LogP contribution in [0.25, 0.3) is 10.9 Å². The first-order valence-electron chi connectivity index (χ1n) is 11.3. The van der Waals surface area contributed by atoms with Gasteiger partial charge in [0.25, 0.3) is 0 Å². The van der Waals surface area contributed by atoms with Gasteiger partial charge in [-0.3, -0.25) is 4.79 Å². The molecule has 0 aliphatic carbocycles. The van der Waals surface area contributed by atoms with Crippen LogP contribution in [0.5, 0.6) is 11.5 Å². The number of aryl methyl sites for hydroxylation is 1. The van der Waals surface area contributed by atoms with E-state index in [9.17, 15) is 4.79 Å². The van der Waals surface area contributed by atoms with Crippen molar-refractivity contribution < 1.29 is 14.3 Å². The Morgan fingerprint density at radius 1 is 1.19 bits per heavy atom.